The number of ether oxygens (including phenoxy) is 2. The molecule has 0 bridgehead atoms. The molecular weight excluding hydrogens is 360 g/mol. The number of hydrogen-bond donors (Lipinski definition) is 0. The van der Waals surface area contributed by atoms with Crippen molar-refractivity contribution in [3.05, 3.63) is 51.4 Å². The first-order valence-electron chi connectivity index (χ1n) is 9.72. The maximum atomic E-state index is 11.7. The van der Waals surface area contributed by atoms with Crippen LogP contribution in [0.4, 0.5) is 11.4 Å². The highest BCUT2D eigenvalue weighted by Crippen LogP contribution is 2.47. The molecule has 0 unspecified atom stereocenters. The van der Waals surface area contributed by atoms with E-state index in [1.165, 1.54) is 18.6 Å². The summed E-state index contributed by atoms with van der Waals surface area (Å²) in [6, 6.07) is 9.58. The quantitative estimate of drug-likeness (QED) is 0.351. The van der Waals surface area contributed by atoms with Gasteiger partial charge in [-0.1, -0.05) is 44.2 Å². The Hall–Kier alpha value is -2.96. The van der Waals surface area contributed by atoms with Crippen LogP contribution in [0.2, 0.25) is 0 Å². The third-order valence-electron chi connectivity index (χ3n) is 4.86. The van der Waals surface area contributed by atoms with Gasteiger partial charge >= 0.3 is 0 Å². The summed E-state index contributed by atoms with van der Waals surface area (Å²) >= 11 is 0. The van der Waals surface area contributed by atoms with Gasteiger partial charge in [-0.05, 0) is 36.2 Å². The molecule has 0 radical (unpaired) electrons. The topological polar surface area (TPSA) is 91.0 Å². The first kappa shape index (κ1) is 19.8. The molecule has 0 spiro atoms. The molecule has 148 valence electrons. The minimum Gasteiger partial charge on any atom is -0.493 e. The molecular formula is C21H24N2O5. The number of nitro benzene ring substituents is 1. The molecule has 28 heavy (non-hydrogen) atoms. The van der Waals surface area contributed by atoms with Crippen molar-refractivity contribution in [1.29, 1.82) is 0 Å². The molecule has 0 amide bonds. The molecule has 0 aromatic heterocycles. The molecule has 0 saturated heterocycles. The number of nitro groups is 1. The number of hydrogen-bond acceptors (Lipinski definition) is 6. The SMILES string of the molecule is O=Nc1cccc2c1-c1c(cccc1[N+](=O)[O-])OCCCCCCCCCO2. The van der Waals surface area contributed by atoms with Crippen LogP contribution in [0.15, 0.2) is 41.6 Å². The zero-order chi connectivity index (χ0) is 19.8. The van der Waals surface area contributed by atoms with Crippen molar-refractivity contribution in [3.8, 4) is 22.6 Å². The van der Waals surface area contributed by atoms with Crippen molar-refractivity contribution in [3.63, 3.8) is 0 Å². The average Bonchev–Trinajstić information content (AvgIpc) is 2.71. The van der Waals surface area contributed by atoms with E-state index in [2.05, 4.69) is 5.18 Å². The van der Waals surface area contributed by atoms with Gasteiger partial charge in [-0.15, -0.1) is 4.91 Å². The van der Waals surface area contributed by atoms with Crippen LogP contribution in [0.1, 0.15) is 44.9 Å². The van der Waals surface area contributed by atoms with Crippen molar-refractivity contribution in [2.24, 2.45) is 5.18 Å². The lowest BCUT2D eigenvalue weighted by molar-refractivity contribution is -0.384. The van der Waals surface area contributed by atoms with Crippen LogP contribution in [0.5, 0.6) is 11.5 Å². The molecule has 7 nitrogen and oxygen atoms in total. The van der Waals surface area contributed by atoms with E-state index >= 15 is 0 Å². The molecule has 3 rings (SSSR count). The lowest BCUT2D eigenvalue weighted by atomic mass is 9.99. The van der Waals surface area contributed by atoms with Gasteiger partial charge < -0.3 is 9.47 Å². The molecule has 0 saturated carbocycles. The summed E-state index contributed by atoms with van der Waals surface area (Å²) in [6.45, 7) is 0.938. The molecule has 1 aliphatic rings. The van der Waals surface area contributed by atoms with Gasteiger partial charge in [-0.3, -0.25) is 10.1 Å². The Labute approximate surface area is 163 Å². The third kappa shape index (κ3) is 4.65. The maximum Gasteiger partial charge on any atom is 0.281 e. The van der Waals surface area contributed by atoms with Gasteiger partial charge in [0.25, 0.3) is 5.69 Å². The van der Waals surface area contributed by atoms with Crippen molar-refractivity contribution in [2.45, 2.75) is 44.9 Å². The highest BCUT2D eigenvalue weighted by molar-refractivity contribution is 5.90. The maximum absolute atomic E-state index is 11.7. The second-order valence-electron chi connectivity index (χ2n) is 6.82. The molecule has 0 N–H and O–H groups in total. The Kier molecular flexibility index (Phi) is 6.94. The molecule has 1 aliphatic heterocycles. The fraction of sp³-hybridized carbons (Fsp3) is 0.429. The van der Waals surface area contributed by atoms with Crippen LogP contribution in [-0.2, 0) is 0 Å². The minimum atomic E-state index is -0.471. The van der Waals surface area contributed by atoms with Crippen LogP contribution < -0.4 is 9.47 Å². The van der Waals surface area contributed by atoms with Crippen LogP contribution in [0.3, 0.4) is 0 Å². The van der Waals surface area contributed by atoms with Crippen LogP contribution in [0, 0.1) is 15.0 Å². The molecule has 0 fully saturated rings. The highest BCUT2D eigenvalue weighted by atomic mass is 16.6. The Morgan fingerprint density at radius 2 is 1.32 bits per heavy atom. The number of rotatable bonds is 2. The van der Waals surface area contributed by atoms with Crippen LogP contribution >= 0.6 is 0 Å². The van der Waals surface area contributed by atoms with Gasteiger partial charge in [0.1, 0.15) is 22.7 Å². The number of fused-ring (bicyclic) bond motifs is 3. The van der Waals surface area contributed by atoms with Gasteiger partial charge in [0, 0.05) is 6.07 Å². The second kappa shape index (κ2) is 9.82. The molecule has 2 aromatic carbocycles. The largest absolute Gasteiger partial charge is 0.493 e. The Bertz CT molecular complexity index is 838. The number of benzene rings is 2. The summed E-state index contributed by atoms with van der Waals surface area (Å²) < 4.78 is 11.8. The van der Waals surface area contributed by atoms with E-state index < -0.39 is 4.92 Å². The highest BCUT2D eigenvalue weighted by Gasteiger charge is 2.26. The number of nitroso groups, excluding NO2 is 1. The van der Waals surface area contributed by atoms with Crippen molar-refractivity contribution in [2.75, 3.05) is 13.2 Å². The Morgan fingerprint density at radius 1 is 0.786 bits per heavy atom. The zero-order valence-corrected chi connectivity index (χ0v) is 15.8. The summed E-state index contributed by atoms with van der Waals surface area (Å²) in [5.74, 6) is 0.774. The fourth-order valence-electron chi connectivity index (χ4n) is 3.46. The van der Waals surface area contributed by atoms with Gasteiger partial charge in [0.15, 0.2) is 0 Å². The summed E-state index contributed by atoms with van der Waals surface area (Å²) in [7, 11) is 0. The molecule has 2 aromatic rings. The Morgan fingerprint density at radius 3 is 1.89 bits per heavy atom. The zero-order valence-electron chi connectivity index (χ0n) is 15.8. The summed E-state index contributed by atoms with van der Waals surface area (Å²) in [5, 5.41) is 14.8. The van der Waals surface area contributed by atoms with E-state index in [0.29, 0.717) is 30.3 Å². The van der Waals surface area contributed by atoms with Gasteiger partial charge in [0.05, 0.1) is 23.7 Å². The first-order chi connectivity index (χ1) is 13.7. The molecule has 1 heterocycles. The van der Waals surface area contributed by atoms with E-state index in [9.17, 15) is 15.0 Å². The van der Waals surface area contributed by atoms with Crippen molar-refractivity contribution >= 4 is 11.4 Å². The van der Waals surface area contributed by atoms with E-state index in [1.54, 1.807) is 24.3 Å². The van der Waals surface area contributed by atoms with Crippen LogP contribution in [-0.4, -0.2) is 18.1 Å². The van der Waals surface area contributed by atoms with E-state index in [-0.39, 0.29) is 16.9 Å². The number of nitrogens with zero attached hydrogens (tertiary/aromatic N) is 2. The van der Waals surface area contributed by atoms with Crippen molar-refractivity contribution in [1.82, 2.24) is 0 Å². The predicted molar refractivity (Wildman–Crippen MR) is 107 cm³/mol. The Balaban J connectivity index is 2.13. The molecule has 0 aliphatic carbocycles. The fourth-order valence-corrected chi connectivity index (χ4v) is 3.46. The van der Waals surface area contributed by atoms with Crippen LogP contribution in [0.25, 0.3) is 11.1 Å². The van der Waals surface area contributed by atoms with Gasteiger partial charge in [-0.2, -0.15) is 0 Å². The monoisotopic (exact) mass is 384 g/mol. The minimum absolute atomic E-state index is 0.0981. The molecule has 0 atom stereocenters. The summed E-state index contributed by atoms with van der Waals surface area (Å²) in [6.07, 6.45) is 7.35. The van der Waals surface area contributed by atoms with Gasteiger partial charge in [0.2, 0.25) is 0 Å². The van der Waals surface area contributed by atoms with E-state index in [4.69, 9.17) is 9.47 Å². The predicted octanol–water partition coefficient (Wildman–Crippen LogP) is 6.16. The van der Waals surface area contributed by atoms with Gasteiger partial charge in [-0.25, -0.2) is 0 Å². The van der Waals surface area contributed by atoms with E-state index in [0.717, 1.165) is 38.5 Å². The molecule has 7 heteroatoms. The normalized spacial score (nSPS) is 15.6. The second-order valence-corrected chi connectivity index (χ2v) is 6.82. The summed E-state index contributed by atoms with van der Waals surface area (Å²) in [4.78, 5) is 22.7. The third-order valence-corrected chi connectivity index (χ3v) is 4.86. The standard InChI is InChI=1S/C21H24N2O5/c24-22-16-10-8-12-18-20(16)21-17(23(25)26)11-9-13-19(21)28-15-7-5-3-1-2-4-6-14-27-18/h8-13H,1-7,14-15H2. The average molecular weight is 384 g/mol. The van der Waals surface area contributed by atoms with E-state index in [1.807, 2.05) is 0 Å². The van der Waals surface area contributed by atoms with Crippen molar-refractivity contribution < 1.29 is 14.4 Å². The lowest BCUT2D eigenvalue weighted by Gasteiger charge is -2.16. The summed E-state index contributed by atoms with van der Waals surface area (Å²) in [5.41, 5.74) is 0.519. The lowest BCUT2D eigenvalue weighted by Crippen LogP contribution is -2.03. The first-order valence-corrected chi connectivity index (χ1v) is 9.72. The smallest absolute Gasteiger partial charge is 0.281 e.